The number of nitrogens with one attached hydrogen (secondary N) is 2. The van der Waals surface area contributed by atoms with E-state index in [0.717, 1.165) is 21.7 Å². The van der Waals surface area contributed by atoms with Gasteiger partial charge < -0.3 is 10.3 Å². The molecule has 0 aliphatic carbocycles. The Labute approximate surface area is 157 Å². The molecule has 0 saturated carbocycles. The molecule has 0 saturated heterocycles. The molecular formula is C18H14ClN5OS. The fourth-order valence-electron chi connectivity index (χ4n) is 2.70. The van der Waals surface area contributed by atoms with Gasteiger partial charge in [-0.05, 0) is 19.1 Å². The van der Waals surface area contributed by atoms with Crippen LogP contribution in [0.3, 0.4) is 0 Å². The van der Waals surface area contributed by atoms with Gasteiger partial charge in [0.1, 0.15) is 5.65 Å². The molecular weight excluding hydrogens is 370 g/mol. The molecule has 8 heteroatoms. The Kier molecular flexibility index (Phi) is 4.18. The smallest absolute Gasteiger partial charge is 0.257 e. The number of benzene rings is 1. The van der Waals surface area contributed by atoms with Crippen molar-refractivity contribution in [2.24, 2.45) is 0 Å². The predicted molar refractivity (Wildman–Crippen MR) is 106 cm³/mol. The van der Waals surface area contributed by atoms with Gasteiger partial charge in [-0.3, -0.25) is 4.79 Å². The summed E-state index contributed by atoms with van der Waals surface area (Å²) in [5.41, 5.74) is 3.15. The van der Waals surface area contributed by atoms with Crippen molar-refractivity contribution in [2.75, 3.05) is 12.4 Å². The van der Waals surface area contributed by atoms with Crippen LogP contribution in [0.5, 0.6) is 0 Å². The quantitative estimate of drug-likeness (QED) is 0.556. The first kappa shape index (κ1) is 16.7. The van der Waals surface area contributed by atoms with Crippen molar-refractivity contribution in [3.8, 4) is 22.4 Å². The molecule has 4 aromatic rings. The summed E-state index contributed by atoms with van der Waals surface area (Å²) >= 11 is 8.06. The summed E-state index contributed by atoms with van der Waals surface area (Å²) in [5, 5.41) is 7.05. The number of nitrogens with zero attached hydrogens (tertiary/aromatic N) is 3. The van der Waals surface area contributed by atoms with E-state index in [2.05, 4.69) is 25.3 Å². The third-order valence-corrected chi connectivity index (χ3v) is 5.08. The van der Waals surface area contributed by atoms with E-state index < -0.39 is 0 Å². The number of anilines is 1. The van der Waals surface area contributed by atoms with Crippen LogP contribution in [0.1, 0.15) is 5.01 Å². The minimum atomic E-state index is -0.252. The van der Waals surface area contributed by atoms with Gasteiger partial charge in [0.15, 0.2) is 0 Å². The molecule has 0 unspecified atom stereocenters. The van der Waals surface area contributed by atoms with Gasteiger partial charge in [0.2, 0.25) is 5.95 Å². The van der Waals surface area contributed by atoms with Crippen molar-refractivity contribution in [1.82, 2.24) is 19.9 Å². The molecule has 2 N–H and O–H groups in total. The number of aromatic amines is 1. The molecule has 0 aliphatic heterocycles. The van der Waals surface area contributed by atoms with Crippen LogP contribution in [0, 0.1) is 6.92 Å². The SMILES string of the molecule is CNc1ncc2cc(-c3ccc(-c4csc(C)n4)cc3Cl)c(=O)[nH]c2n1. The van der Waals surface area contributed by atoms with E-state index in [1.54, 1.807) is 30.6 Å². The fraction of sp³-hybridized carbons (Fsp3) is 0.111. The van der Waals surface area contributed by atoms with E-state index in [1.165, 1.54) is 0 Å². The number of aryl methyl sites for hydroxylation is 1. The number of hydrogen-bond acceptors (Lipinski definition) is 6. The fourth-order valence-corrected chi connectivity index (χ4v) is 3.61. The van der Waals surface area contributed by atoms with E-state index in [4.69, 9.17) is 11.6 Å². The zero-order chi connectivity index (χ0) is 18.3. The number of rotatable bonds is 3. The molecule has 1 aromatic carbocycles. The summed E-state index contributed by atoms with van der Waals surface area (Å²) in [6.07, 6.45) is 1.66. The van der Waals surface area contributed by atoms with Gasteiger partial charge in [0.25, 0.3) is 5.56 Å². The Balaban J connectivity index is 1.82. The van der Waals surface area contributed by atoms with E-state index >= 15 is 0 Å². The highest BCUT2D eigenvalue weighted by Crippen LogP contribution is 2.32. The number of aromatic nitrogens is 4. The Bertz CT molecular complexity index is 1180. The second-order valence-electron chi connectivity index (χ2n) is 5.71. The summed E-state index contributed by atoms with van der Waals surface area (Å²) < 4.78 is 0. The summed E-state index contributed by atoms with van der Waals surface area (Å²) in [6, 6.07) is 7.34. The van der Waals surface area contributed by atoms with Gasteiger partial charge >= 0.3 is 0 Å². The number of fused-ring (bicyclic) bond motifs is 1. The molecule has 0 atom stereocenters. The standard InChI is InChI=1S/C18H14ClN5OS/c1-9-22-15(8-26-9)10-3-4-12(14(19)6-10)13-5-11-7-21-18(20-2)24-16(11)23-17(13)25/h3-8H,1-2H3,(H2,20,21,23,24,25). The first-order valence-electron chi connectivity index (χ1n) is 7.85. The van der Waals surface area contributed by atoms with Crippen molar-refractivity contribution in [2.45, 2.75) is 6.92 Å². The van der Waals surface area contributed by atoms with Crippen LogP contribution in [0.4, 0.5) is 5.95 Å². The highest BCUT2D eigenvalue weighted by Gasteiger charge is 2.12. The van der Waals surface area contributed by atoms with Gasteiger partial charge in [0.05, 0.1) is 10.7 Å². The minimum Gasteiger partial charge on any atom is -0.357 e. The largest absolute Gasteiger partial charge is 0.357 e. The lowest BCUT2D eigenvalue weighted by molar-refractivity contribution is 1.15. The second kappa shape index (κ2) is 6.51. The van der Waals surface area contributed by atoms with Gasteiger partial charge in [-0.1, -0.05) is 23.7 Å². The topological polar surface area (TPSA) is 83.6 Å². The van der Waals surface area contributed by atoms with Crippen LogP contribution < -0.4 is 10.9 Å². The Morgan fingerprint density at radius 1 is 1.19 bits per heavy atom. The van der Waals surface area contributed by atoms with Crippen molar-refractivity contribution in [1.29, 1.82) is 0 Å². The molecule has 130 valence electrons. The first-order valence-corrected chi connectivity index (χ1v) is 9.11. The summed E-state index contributed by atoms with van der Waals surface area (Å²) in [6.45, 7) is 1.96. The summed E-state index contributed by atoms with van der Waals surface area (Å²) in [7, 11) is 1.72. The average Bonchev–Trinajstić information content (AvgIpc) is 3.07. The number of hydrogen-bond donors (Lipinski definition) is 2. The normalized spacial score (nSPS) is 11.0. The lowest BCUT2D eigenvalue weighted by Gasteiger charge is -2.07. The van der Waals surface area contributed by atoms with Crippen molar-refractivity contribution >= 4 is 39.9 Å². The van der Waals surface area contributed by atoms with Crippen LogP contribution in [0.2, 0.25) is 5.02 Å². The molecule has 0 radical (unpaired) electrons. The van der Waals surface area contributed by atoms with E-state index in [1.807, 2.05) is 30.5 Å². The van der Waals surface area contributed by atoms with Gasteiger partial charge in [0, 0.05) is 45.7 Å². The van der Waals surface area contributed by atoms with Crippen LogP contribution >= 0.6 is 22.9 Å². The second-order valence-corrected chi connectivity index (χ2v) is 7.18. The average molecular weight is 384 g/mol. The Morgan fingerprint density at radius 2 is 2.04 bits per heavy atom. The lowest BCUT2D eigenvalue weighted by Crippen LogP contribution is -2.10. The zero-order valence-electron chi connectivity index (χ0n) is 14.0. The molecule has 6 nitrogen and oxygen atoms in total. The minimum absolute atomic E-state index is 0.252. The molecule has 3 aromatic heterocycles. The molecule has 3 heterocycles. The number of thiazole rings is 1. The molecule has 0 bridgehead atoms. The Morgan fingerprint density at radius 3 is 2.73 bits per heavy atom. The van der Waals surface area contributed by atoms with Crippen molar-refractivity contribution in [3.63, 3.8) is 0 Å². The van der Waals surface area contributed by atoms with Gasteiger partial charge in [-0.15, -0.1) is 11.3 Å². The number of pyridine rings is 1. The van der Waals surface area contributed by atoms with Crippen LogP contribution in [-0.2, 0) is 0 Å². The zero-order valence-corrected chi connectivity index (χ0v) is 15.6. The first-order chi connectivity index (χ1) is 12.5. The molecule has 0 fully saturated rings. The maximum absolute atomic E-state index is 12.5. The lowest BCUT2D eigenvalue weighted by atomic mass is 10.0. The van der Waals surface area contributed by atoms with Crippen LogP contribution in [-0.4, -0.2) is 27.0 Å². The molecule has 4 rings (SSSR count). The highest BCUT2D eigenvalue weighted by molar-refractivity contribution is 7.09. The third kappa shape index (κ3) is 2.95. The monoisotopic (exact) mass is 383 g/mol. The van der Waals surface area contributed by atoms with E-state index in [0.29, 0.717) is 27.7 Å². The maximum Gasteiger partial charge on any atom is 0.257 e. The summed E-state index contributed by atoms with van der Waals surface area (Å²) in [5.74, 6) is 0.446. The number of halogens is 1. The van der Waals surface area contributed by atoms with Crippen molar-refractivity contribution < 1.29 is 0 Å². The van der Waals surface area contributed by atoms with E-state index in [-0.39, 0.29) is 5.56 Å². The summed E-state index contributed by atoms with van der Waals surface area (Å²) in [4.78, 5) is 28.2. The molecule has 26 heavy (non-hydrogen) atoms. The molecule has 0 spiro atoms. The van der Waals surface area contributed by atoms with E-state index in [9.17, 15) is 4.79 Å². The van der Waals surface area contributed by atoms with Gasteiger partial charge in [-0.25, -0.2) is 9.97 Å². The Hall–Kier alpha value is -2.77. The molecule has 0 aliphatic rings. The van der Waals surface area contributed by atoms with Gasteiger partial charge in [-0.2, -0.15) is 4.98 Å². The number of H-pyrrole nitrogens is 1. The predicted octanol–water partition coefficient (Wildman–Crippen LogP) is 4.11. The maximum atomic E-state index is 12.5. The van der Waals surface area contributed by atoms with Crippen LogP contribution in [0.25, 0.3) is 33.4 Å². The highest BCUT2D eigenvalue weighted by atomic mass is 35.5. The van der Waals surface area contributed by atoms with Crippen molar-refractivity contribution in [3.05, 3.63) is 56.2 Å². The van der Waals surface area contributed by atoms with Crippen LogP contribution in [0.15, 0.2) is 40.6 Å². The third-order valence-electron chi connectivity index (χ3n) is 3.99. The molecule has 0 amide bonds.